The molecule has 2 N–H and O–H groups in total. The van der Waals surface area contributed by atoms with Gasteiger partial charge in [0.05, 0.1) is 17.8 Å². The fraction of sp³-hybridized carbons (Fsp3) is 0.259. The van der Waals surface area contributed by atoms with Gasteiger partial charge in [0.2, 0.25) is 5.91 Å². The molecular formula is C27H28N6O2S2. The van der Waals surface area contributed by atoms with Gasteiger partial charge < -0.3 is 20.3 Å². The van der Waals surface area contributed by atoms with Crippen LogP contribution in [0.2, 0.25) is 0 Å². The van der Waals surface area contributed by atoms with E-state index in [1.807, 2.05) is 54.9 Å². The summed E-state index contributed by atoms with van der Waals surface area (Å²) in [5, 5.41) is 9.97. The monoisotopic (exact) mass is 532 g/mol. The summed E-state index contributed by atoms with van der Waals surface area (Å²) in [5.41, 5.74) is 6.87. The van der Waals surface area contributed by atoms with E-state index < -0.39 is 0 Å². The molecule has 10 heteroatoms. The van der Waals surface area contributed by atoms with Crippen molar-refractivity contribution < 1.29 is 9.53 Å². The fourth-order valence-electron chi connectivity index (χ4n) is 4.91. The van der Waals surface area contributed by atoms with Crippen LogP contribution in [0.1, 0.15) is 40.3 Å². The van der Waals surface area contributed by atoms with Gasteiger partial charge in [-0.1, -0.05) is 6.07 Å². The molecule has 5 rings (SSSR count). The third kappa shape index (κ3) is 4.75. The molecule has 1 aliphatic heterocycles. The fourth-order valence-corrected chi connectivity index (χ4v) is 6.01. The first-order chi connectivity index (χ1) is 17.9. The Hall–Kier alpha value is -3.60. The Morgan fingerprint density at radius 3 is 2.68 bits per heavy atom. The molecule has 1 saturated heterocycles. The molecule has 2 atom stereocenters. The summed E-state index contributed by atoms with van der Waals surface area (Å²) in [5.74, 6) is -0.195. The molecule has 0 radical (unpaired) electrons. The smallest absolute Gasteiger partial charge is 0.250 e. The van der Waals surface area contributed by atoms with E-state index in [0.717, 1.165) is 44.7 Å². The van der Waals surface area contributed by atoms with Gasteiger partial charge in [-0.2, -0.15) is 0 Å². The molecule has 0 bridgehead atoms. The molecule has 4 heterocycles. The van der Waals surface area contributed by atoms with Gasteiger partial charge in [0.15, 0.2) is 10.2 Å². The Balaban J connectivity index is 1.60. The first-order valence-corrected chi connectivity index (χ1v) is 13.2. The highest BCUT2D eigenvalue weighted by Crippen LogP contribution is 2.44. The molecular weight excluding hydrogens is 504 g/mol. The second-order valence-electron chi connectivity index (χ2n) is 8.95. The number of hydrogen-bond acceptors (Lipinski definition) is 6. The Morgan fingerprint density at radius 2 is 2.00 bits per heavy atom. The first-order valence-electron chi connectivity index (χ1n) is 11.9. The zero-order valence-corrected chi connectivity index (χ0v) is 22.7. The van der Waals surface area contributed by atoms with Crippen LogP contribution in [0.15, 0.2) is 60.2 Å². The summed E-state index contributed by atoms with van der Waals surface area (Å²) < 4.78 is 7.13. The van der Waals surface area contributed by atoms with Gasteiger partial charge in [-0.05, 0) is 80.5 Å². The number of amides is 1. The normalized spacial score (nSPS) is 17.2. The minimum absolute atomic E-state index is 0.00384. The zero-order chi connectivity index (χ0) is 26.1. The lowest BCUT2D eigenvalue weighted by molar-refractivity contribution is -0.119. The minimum Gasteiger partial charge on any atom is -0.375 e. The van der Waals surface area contributed by atoms with Crippen LogP contribution in [-0.2, 0) is 9.53 Å². The van der Waals surface area contributed by atoms with Crippen LogP contribution >= 0.6 is 23.6 Å². The number of thiocarbonyl (C=S) groups is 1. The van der Waals surface area contributed by atoms with Gasteiger partial charge in [-0.15, -0.1) is 11.3 Å². The SMILES string of the molecule is COCC(=O)Nc1ccc(N2C(=S)N[C@@H](c3ccccn3)[C@H]2c2cc(C)n(-c3nccs3)c2C)cc1C. The molecule has 0 unspecified atom stereocenters. The number of carbonyl (C=O) groups excluding carboxylic acids is 1. The van der Waals surface area contributed by atoms with Gasteiger partial charge in [0.1, 0.15) is 6.61 Å². The molecule has 0 aliphatic carbocycles. The van der Waals surface area contributed by atoms with Crippen molar-refractivity contribution in [3.63, 3.8) is 0 Å². The van der Waals surface area contributed by atoms with Gasteiger partial charge in [-0.25, -0.2) is 4.98 Å². The lowest BCUT2D eigenvalue weighted by atomic mass is 9.96. The Kier molecular flexibility index (Phi) is 7.05. The van der Waals surface area contributed by atoms with Crippen molar-refractivity contribution in [2.45, 2.75) is 32.9 Å². The summed E-state index contributed by atoms with van der Waals surface area (Å²) in [6.45, 7) is 6.20. The van der Waals surface area contributed by atoms with E-state index in [0.29, 0.717) is 5.11 Å². The number of benzene rings is 1. The number of methoxy groups -OCH3 is 1. The van der Waals surface area contributed by atoms with Crippen LogP contribution in [0, 0.1) is 20.8 Å². The standard InChI is InChI=1S/C27H28N6O2S2/c1-16-13-19(8-9-21(16)30-23(34)15-35-4)33-25(24(31-26(33)36)22-7-5-6-10-28-22)20-14-17(2)32(18(20)3)27-29-11-12-37-27/h5-14,24-25H,15H2,1-4H3,(H,30,34)(H,31,36)/t24-,25+/m0/s1. The first kappa shape index (κ1) is 25.1. The van der Waals surface area contributed by atoms with Gasteiger partial charge >= 0.3 is 0 Å². The van der Waals surface area contributed by atoms with Crippen LogP contribution in [0.5, 0.6) is 0 Å². The second-order valence-corrected chi connectivity index (χ2v) is 10.2. The Labute approximate surface area is 225 Å². The maximum absolute atomic E-state index is 12.1. The van der Waals surface area contributed by atoms with Crippen LogP contribution in [0.25, 0.3) is 5.13 Å². The number of pyridine rings is 1. The highest BCUT2D eigenvalue weighted by Gasteiger charge is 2.42. The zero-order valence-electron chi connectivity index (χ0n) is 21.1. The third-order valence-electron chi connectivity index (χ3n) is 6.54. The van der Waals surface area contributed by atoms with Crippen molar-refractivity contribution in [2.75, 3.05) is 23.9 Å². The van der Waals surface area contributed by atoms with Crippen molar-refractivity contribution in [2.24, 2.45) is 0 Å². The molecule has 1 aromatic carbocycles. The predicted octanol–water partition coefficient (Wildman–Crippen LogP) is 5.02. The second kappa shape index (κ2) is 10.4. The van der Waals surface area contributed by atoms with Crippen molar-refractivity contribution in [3.8, 4) is 5.13 Å². The summed E-state index contributed by atoms with van der Waals surface area (Å²) >= 11 is 7.51. The van der Waals surface area contributed by atoms with Crippen LogP contribution in [0.4, 0.5) is 11.4 Å². The number of aromatic nitrogens is 3. The highest BCUT2D eigenvalue weighted by molar-refractivity contribution is 7.80. The molecule has 4 aromatic rings. The van der Waals surface area contributed by atoms with E-state index in [1.54, 1.807) is 17.5 Å². The molecule has 8 nitrogen and oxygen atoms in total. The lowest BCUT2D eigenvalue weighted by Gasteiger charge is -2.28. The molecule has 1 amide bonds. The minimum atomic E-state index is -0.195. The van der Waals surface area contributed by atoms with Crippen molar-refractivity contribution in [3.05, 3.63) is 88.4 Å². The van der Waals surface area contributed by atoms with Crippen molar-refractivity contribution >= 4 is 45.9 Å². The molecule has 3 aromatic heterocycles. The molecule has 1 fully saturated rings. The van der Waals surface area contributed by atoms with Gasteiger partial charge in [0, 0.05) is 47.6 Å². The number of ether oxygens (including phenoxy) is 1. The number of hydrogen-bond donors (Lipinski definition) is 2. The van der Waals surface area contributed by atoms with E-state index in [9.17, 15) is 4.79 Å². The Morgan fingerprint density at radius 1 is 1.16 bits per heavy atom. The van der Waals surface area contributed by atoms with E-state index in [4.69, 9.17) is 17.0 Å². The number of thiazole rings is 1. The average molecular weight is 533 g/mol. The summed E-state index contributed by atoms with van der Waals surface area (Å²) in [6, 6.07) is 13.8. The van der Waals surface area contributed by atoms with E-state index in [2.05, 4.69) is 50.0 Å². The molecule has 0 spiro atoms. The van der Waals surface area contributed by atoms with Crippen LogP contribution in [-0.4, -0.2) is 39.3 Å². The quantitative estimate of drug-likeness (QED) is 0.324. The number of nitrogens with one attached hydrogen (secondary N) is 2. The van der Waals surface area contributed by atoms with Crippen molar-refractivity contribution in [1.29, 1.82) is 0 Å². The maximum atomic E-state index is 12.1. The Bertz CT molecular complexity index is 1430. The van der Waals surface area contributed by atoms with Crippen LogP contribution < -0.4 is 15.5 Å². The highest BCUT2D eigenvalue weighted by atomic mass is 32.1. The van der Waals surface area contributed by atoms with Gasteiger partial charge in [0.25, 0.3) is 0 Å². The van der Waals surface area contributed by atoms with Crippen molar-refractivity contribution in [1.82, 2.24) is 19.9 Å². The van der Waals surface area contributed by atoms with E-state index in [1.165, 1.54) is 7.11 Å². The molecule has 0 saturated carbocycles. The predicted molar refractivity (Wildman–Crippen MR) is 151 cm³/mol. The van der Waals surface area contributed by atoms with E-state index >= 15 is 0 Å². The average Bonchev–Trinajstić information content (AvgIpc) is 3.59. The third-order valence-corrected chi connectivity index (χ3v) is 7.61. The number of anilines is 2. The topological polar surface area (TPSA) is 84.3 Å². The maximum Gasteiger partial charge on any atom is 0.250 e. The molecule has 1 aliphatic rings. The lowest BCUT2D eigenvalue weighted by Crippen LogP contribution is -2.29. The summed E-state index contributed by atoms with van der Waals surface area (Å²) in [7, 11) is 1.50. The van der Waals surface area contributed by atoms with Crippen LogP contribution in [0.3, 0.4) is 0 Å². The largest absolute Gasteiger partial charge is 0.375 e. The summed E-state index contributed by atoms with van der Waals surface area (Å²) in [6.07, 6.45) is 3.63. The number of aryl methyl sites for hydroxylation is 2. The van der Waals surface area contributed by atoms with E-state index in [-0.39, 0.29) is 24.6 Å². The molecule has 37 heavy (non-hydrogen) atoms. The number of rotatable bonds is 7. The summed E-state index contributed by atoms with van der Waals surface area (Å²) in [4.78, 5) is 23.4. The number of nitrogens with zero attached hydrogens (tertiary/aromatic N) is 4. The molecule has 190 valence electrons. The van der Waals surface area contributed by atoms with Gasteiger partial charge in [-0.3, -0.25) is 14.3 Å². The number of carbonyl (C=O) groups is 1.